The third kappa shape index (κ3) is 6.00. The Morgan fingerprint density at radius 2 is 1.76 bits per heavy atom. The fourth-order valence-corrected chi connectivity index (χ4v) is 3.98. The number of carbonyl (C=O) groups is 2. The van der Waals surface area contributed by atoms with Crippen LogP contribution in [0.25, 0.3) is 0 Å². The van der Waals surface area contributed by atoms with Gasteiger partial charge in [0.05, 0.1) is 16.8 Å². The van der Waals surface area contributed by atoms with Gasteiger partial charge in [0.15, 0.2) is 0 Å². The van der Waals surface area contributed by atoms with Crippen LogP contribution in [-0.2, 0) is 6.18 Å². The molecule has 1 aliphatic carbocycles. The molecule has 0 unspecified atom stereocenters. The Hall–Kier alpha value is -3.17. The first kappa shape index (κ1) is 23.0. The Balaban J connectivity index is 1.29. The van der Waals surface area contributed by atoms with E-state index in [0.29, 0.717) is 44.1 Å². The molecule has 1 saturated carbocycles. The second-order valence-electron chi connectivity index (χ2n) is 8.45. The fraction of sp³-hybridized carbons (Fsp3) is 0.478. The molecule has 0 radical (unpaired) electrons. The molecule has 33 heavy (non-hydrogen) atoms. The van der Waals surface area contributed by atoms with Crippen molar-refractivity contribution in [3.63, 3.8) is 0 Å². The number of nitrogens with zero attached hydrogens (tertiary/aromatic N) is 3. The molecular weight excluding hydrogens is 437 g/mol. The number of rotatable bonds is 6. The van der Waals surface area contributed by atoms with E-state index in [1.54, 1.807) is 12.1 Å². The molecule has 1 aromatic carbocycles. The third-order valence-electron chi connectivity index (χ3n) is 6.04. The van der Waals surface area contributed by atoms with Crippen molar-refractivity contribution < 1.29 is 27.5 Å². The van der Waals surface area contributed by atoms with E-state index in [0.717, 1.165) is 12.5 Å². The molecule has 2 heterocycles. The van der Waals surface area contributed by atoms with Crippen LogP contribution in [-0.4, -0.2) is 46.7 Å². The van der Waals surface area contributed by atoms with Gasteiger partial charge < -0.3 is 15.0 Å². The predicted octanol–water partition coefficient (Wildman–Crippen LogP) is 4.40. The van der Waals surface area contributed by atoms with E-state index in [4.69, 9.17) is 4.74 Å². The summed E-state index contributed by atoms with van der Waals surface area (Å²) in [6.45, 7) is 1.21. The molecule has 176 valence electrons. The molecular formula is C23H25F3N4O3. The van der Waals surface area contributed by atoms with Crippen LogP contribution in [0.1, 0.15) is 59.6 Å². The first-order valence-electron chi connectivity index (χ1n) is 11.1. The van der Waals surface area contributed by atoms with Crippen molar-refractivity contribution in [2.45, 2.75) is 44.2 Å². The average molecular weight is 462 g/mol. The number of amides is 2. The standard InChI is InChI=1S/C23H25F3N4O3/c24-23(25,26)18-4-2-1-3-17(18)21(31)30-13-10-16(11-14-30)19-7-8-20(29-28-19)33-22(32)27-12-9-15-5-6-15/h1-4,7-8,15-16H,5-6,9-14H2,(H,27,32). The maximum absolute atomic E-state index is 13.2. The Bertz CT molecular complexity index is 985. The Kier molecular flexibility index (Phi) is 6.80. The summed E-state index contributed by atoms with van der Waals surface area (Å²) < 4.78 is 44.9. The number of alkyl halides is 3. The summed E-state index contributed by atoms with van der Waals surface area (Å²) in [6, 6.07) is 8.13. The summed E-state index contributed by atoms with van der Waals surface area (Å²) in [5.74, 6) is 0.203. The number of halogens is 3. The van der Waals surface area contributed by atoms with Gasteiger partial charge in [-0.1, -0.05) is 25.0 Å². The van der Waals surface area contributed by atoms with Gasteiger partial charge in [-0.05, 0) is 43.4 Å². The summed E-state index contributed by atoms with van der Waals surface area (Å²) in [5.41, 5.74) is -0.561. The minimum atomic E-state index is -4.59. The van der Waals surface area contributed by atoms with Crippen LogP contribution in [0.2, 0.25) is 0 Å². The Morgan fingerprint density at radius 1 is 1.03 bits per heavy atom. The third-order valence-corrected chi connectivity index (χ3v) is 6.04. The number of hydrogen-bond donors (Lipinski definition) is 1. The lowest BCUT2D eigenvalue weighted by Crippen LogP contribution is -2.39. The number of nitrogens with one attached hydrogen (secondary N) is 1. The van der Waals surface area contributed by atoms with Gasteiger partial charge in [0.2, 0.25) is 5.88 Å². The van der Waals surface area contributed by atoms with E-state index in [2.05, 4.69) is 15.5 Å². The average Bonchev–Trinajstić information content (AvgIpc) is 3.63. The molecule has 7 nitrogen and oxygen atoms in total. The Labute approximate surface area is 189 Å². The van der Waals surface area contributed by atoms with Crippen molar-refractivity contribution in [2.75, 3.05) is 19.6 Å². The molecule has 1 aliphatic heterocycles. The molecule has 0 spiro atoms. The highest BCUT2D eigenvalue weighted by Crippen LogP contribution is 2.34. The largest absolute Gasteiger partial charge is 0.417 e. The minimum Gasteiger partial charge on any atom is -0.390 e. The zero-order valence-electron chi connectivity index (χ0n) is 18.0. The molecule has 2 amide bonds. The van der Waals surface area contributed by atoms with Crippen LogP contribution in [0, 0.1) is 5.92 Å². The molecule has 2 aromatic rings. The van der Waals surface area contributed by atoms with Crippen molar-refractivity contribution in [1.29, 1.82) is 0 Å². The number of benzene rings is 1. The minimum absolute atomic E-state index is 0.0147. The number of piperidine rings is 1. The lowest BCUT2D eigenvalue weighted by Gasteiger charge is -2.32. The maximum atomic E-state index is 13.2. The number of hydrogen-bond acceptors (Lipinski definition) is 5. The van der Waals surface area contributed by atoms with Gasteiger partial charge >= 0.3 is 12.3 Å². The van der Waals surface area contributed by atoms with Crippen LogP contribution >= 0.6 is 0 Å². The molecule has 1 saturated heterocycles. The molecule has 2 aliphatic rings. The molecule has 2 fully saturated rings. The van der Waals surface area contributed by atoms with E-state index >= 15 is 0 Å². The number of ether oxygens (including phenoxy) is 1. The van der Waals surface area contributed by atoms with Crippen molar-refractivity contribution in [1.82, 2.24) is 20.4 Å². The van der Waals surface area contributed by atoms with E-state index in [-0.39, 0.29) is 17.4 Å². The summed E-state index contributed by atoms with van der Waals surface area (Å²) >= 11 is 0. The lowest BCUT2D eigenvalue weighted by atomic mass is 9.92. The summed E-state index contributed by atoms with van der Waals surface area (Å²) in [7, 11) is 0. The van der Waals surface area contributed by atoms with Gasteiger partial charge in [0.25, 0.3) is 5.91 Å². The molecule has 0 atom stereocenters. The number of likely N-dealkylation sites (tertiary alicyclic amines) is 1. The zero-order valence-corrected chi connectivity index (χ0v) is 18.0. The van der Waals surface area contributed by atoms with Gasteiger partial charge in [-0.2, -0.15) is 18.3 Å². The SMILES string of the molecule is O=C(NCCC1CC1)Oc1ccc(C2CCN(C(=O)c3ccccc3C(F)(F)F)CC2)nn1. The van der Waals surface area contributed by atoms with Crippen LogP contribution in [0.15, 0.2) is 36.4 Å². The van der Waals surface area contributed by atoms with Crippen molar-refractivity contribution in [3.8, 4) is 5.88 Å². The summed E-state index contributed by atoms with van der Waals surface area (Å²) in [6.07, 6.45) is -0.660. The van der Waals surface area contributed by atoms with Crippen LogP contribution < -0.4 is 10.1 Å². The quantitative estimate of drug-likeness (QED) is 0.688. The predicted molar refractivity (Wildman–Crippen MR) is 113 cm³/mol. The highest BCUT2D eigenvalue weighted by atomic mass is 19.4. The van der Waals surface area contributed by atoms with Gasteiger partial charge in [-0.15, -0.1) is 5.10 Å². The zero-order chi connectivity index (χ0) is 23.4. The van der Waals surface area contributed by atoms with Gasteiger partial charge in [-0.3, -0.25) is 4.79 Å². The van der Waals surface area contributed by atoms with Crippen molar-refractivity contribution in [2.24, 2.45) is 5.92 Å². The first-order chi connectivity index (χ1) is 15.8. The fourth-order valence-electron chi connectivity index (χ4n) is 3.98. The number of aromatic nitrogens is 2. The van der Waals surface area contributed by atoms with Gasteiger partial charge in [0, 0.05) is 31.6 Å². The van der Waals surface area contributed by atoms with E-state index in [9.17, 15) is 22.8 Å². The monoisotopic (exact) mass is 462 g/mol. The molecule has 1 N–H and O–H groups in total. The maximum Gasteiger partial charge on any atom is 0.417 e. The van der Waals surface area contributed by atoms with Crippen molar-refractivity contribution in [3.05, 3.63) is 53.2 Å². The molecule has 10 heteroatoms. The topological polar surface area (TPSA) is 84.4 Å². The van der Waals surface area contributed by atoms with E-state index in [1.165, 1.54) is 35.9 Å². The van der Waals surface area contributed by atoms with E-state index < -0.39 is 23.7 Å². The van der Waals surface area contributed by atoms with E-state index in [1.807, 2.05) is 0 Å². The molecule has 0 bridgehead atoms. The summed E-state index contributed by atoms with van der Waals surface area (Å²) in [4.78, 5) is 26.0. The second kappa shape index (κ2) is 9.76. The smallest absolute Gasteiger partial charge is 0.390 e. The van der Waals surface area contributed by atoms with Crippen LogP contribution in [0.5, 0.6) is 5.88 Å². The number of carbonyl (C=O) groups excluding carboxylic acids is 2. The van der Waals surface area contributed by atoms with Crippen LogP contribution in [0.4, 0.5) is 18.0 Å². The highest BCUT2D eigenvalue weighted by Gasteiger charge is 2.36. The highest BCUT2D eigenvalue weighted by molar-refractivity contribution is 5.96. The van der Waals surface area contributed by atoms with Gasteiger partial charge in [-0.25, -0.2) is 4.79 Å². The second-order valence-corrected chi connectivity index (χ2v) is 8.45. The summed E-state index contributed by atoms with van der Waals surface area (Å²) in [5, 5.41) is 10.8. The van der Waals surface area contributed by atoms with Gasteiger partial charge in [0.1, 0.15) is 0 Å². The lowest BCUT2D eigenvalue weighted by molar-refractivity contribution is -0.138. The normalized spacial score (nSPS) is 17.0. The van der Waals surface area contributed by atoms with Crippen LogP contribution in [0.3, 0.4) is 0 Å². The Morgan fingerprint density at radius 3 is 2.39 bits per heavy atom. The van der Waals surface area contributed by atoms with Crippen molar-refractivity contribution >= 4 is 12.0 Å². The first-order valence-corrected chi connectivity index (χ1v) is 11.1. The molecule has 4 rings (SSSR count). The molecule has 1 aromatic heterocycles.